The molecule has 168 valence electrons. The number of hydrogen-bond donors (Lipinski definition) is 0. The predicted molar refractivity (Wildman–Crippen MR) is 117 cm³/mol. The molecule has 0 bridgehead atoms. The Balaban J connectivity index is 1.77. The Morgan fingerprint density at radius 3 is 2.28 bits per heavy atom. The quantitative estimate of drug-likeness (QED) is 0.422. The number of nitrogens with zero attached hydrogens (tertiary/aromatic N) is 2. The molecule has 1 amide bonds. The van der Waals surface area contributed by atoms with Crippen molar-refractivity contribution in [2.24, 2.45) is 0 Å². The molecular formula is C24H22ClF3N2O2. The highest BCUT2D eigenvalue weighted by Crippen LogP contribution is 2.45. The van der Waals surface area contributed by atoms with Gasteiger partial charge in [0, 0.05) is 30.2 Å². The highest BCUT2D eigenvalue weighted by atomic mass is 35.5. The van der Waals surface area contributed by atoms with E-state index in [-0.39, 0.29) is 23.8 Å². The average molecular weight is 463 g/mol. The van der Waals surface area contributed by atoms with Gasteiger partial charge in [-0.15, -0.1) is 0 Å². The van der Waals surface area contributed by atoms with Crippen molar-refractivity contribution in [2.75, 3.05) is 14.2 Å². The first-order valence-electron chi connectivity index (χ1n) is 10.2. The fourth-order valence-corrected chi connectivity index (χ4v) is 3.91. The number of alkyl halides is 3. The van der Waals surface area contributed by atoms with Gasteiger partial charge in [-0.1, -0.05) is 35.9 Å². The van der Waals surface area contributed by atoms with Gasteiger partial charge in [-0.25, -0.2) is 0 Å². The molecule has 1 aromatic heterocycles. The summed E-state index contributed by atoms with van der Waals surface area (Å²) in [6.07, 6.45) is -3.35. The number of hydrogen-bond acceptors (Lipinski definition) is 2. The lowest BCUT2D eigenvalue weighted by atomic mass is 10.0. The van der Waals surface area contributed by atoms with Crippen molar-refractivity contribution in [1.82, 2.24) is 9.47 Å². The van der Waals surface area contributed by atoms with Crippen molar-refractivity contribution in [2.45, 2.75) is 31.6 Å². The molecule has 1 aliphatic rings. The second kappa shape index (κ2) is 8.54. The van der Waals surface area contributed by atoms with E-state index in [1.54, 1.807) is 50.6 Å². The van der Waals surface area contributed by atoms with E-state index in [2.05, 4.69) is 0 Å². The van der Waals surface area contributed by atoms with Crippen LogP contribution < -0.4 is 4.74 Å². The highest BCUT2D eigenvalue weighted by Gasteiger charge is 2.43. The Labute approximate surface area is 189 Å². The van der Waals surface area contributed by atoms with E-state index in [1.807, 2.05) is 12.1 Å². The zero-order valence-electron chi connectivity index (χ0n) is 17.6. The molecule has 2 aromatic carbocycles. The van der Waals surface area contributed by atoms with Crippen LogP contribution in [0.1, 0.15) is 40.6 Å². The van der Waals surface area contributed by atoms with E-state index in [0.29, 0.717) is 29.2 Å². The molecule has 1 aliphatic carbocycles. The molecular weight excluding hydrogens is 441 g/mol. The molecule has 1 heterocycles. The van der Waals surface area contributed by atoms with Crippen LogP contribution in [0, 0.1) is 0 Å². The third-order valence-corrected chi connectivity index (χ3v) is 5.77. The van der Waals surface area contributed by atoms with Gasteiger partial charge >= 0.3 is 6.18 Å². The van der Waals surface area contributed by atoms with Crippen LogP contribution in [0.15, 0.2) is 54.6 Å². The van der Waals surface area contributed by atoms with E-state index in [1.165, 1.54) is 9.47 Å². The van der Waals surface area contributed by atoms with Gasteiger partial charge in [0.05, 0.1) is 7.11 Å². The van der Waals surface area contributed by atoms with Crippen molar-refractivity contribution in [1.29, 1.82) is 0 Å². The van der Waals surface area contributed by atoms with Crippen LogP contribution in [0.5, 0.6) is 5.75 Å². The monoisotopic (exact) mass is 462 g/mol. The van der Waals surface area contributed by atoms with Crippen molar-refractivity contribution < 1.29 is 22.7 Å². The number of carbonyl (C=O) groups is 1. The first kappa shape index (κ1) is 22.3. The standard InChI is InChI=1S/C24H22ClF3N2O2/c1-29(14-15-3-11-19(32-2)12-4-15)23(31)22-20(16-5-7-17(25)8-6-16)13-21(24(26,27)28)30(22)18-9-10-18/h3-8,11-13,18H,9-10,14H2,1-2H3. The predicted octanol–water partition coefficient (Wildman–Crippen LogP) is 6.44. The minimum atomic E-state index is -4.57. The van der Waals surface area contributed by atoms with Crippen molar-refractivity contribution in [3.05, 3.63) is 76.6 Å². The molecule has 1 fully saturated rings. The number of aromatic nitrogens is 1. The van der Waals surface area contributed by atoms with Crippen LogP contribution in [0.4, 0.5) is 13.2 Å². The van der Waals surface area contributed by atoms with Gasteiger partial charge < -0.3 is 14.2 Å². The summed E-state index contributed by atoms with van der Waals surface area (Å²) < 4.78 is 48.1. The van der Waals surface area contributed by atoms with Crippen molar-refractivity contribution in [3.8, 4) is 16.9 Å². The molecule has 0 radical (unpaired) electrons. The Hall–Kier alpha value is -2.93. The zero-order chi connectivity index (χ0) is 23.0. The Kier molecular flexibility index (Phi) is 5.95. The SMILES string of the molecule is COc1ccc(CN(C)C(=O)c2c(-c3ccc(Cl)cc3)cc(C(F)(F)F)n2C2CC2)cc1. The fraction of sp³-hybridized carbons (Fsp3) is 0.292. The number of methoxy groups -OCH3 is 1. The maximum Gasteiger partial charge on any atom is 0.431 e. The van der Waals surface area contributed by atoms with Crippen LogP contribution in [0.2, 0.25) is 5.02 Å². The molecule has 0 aliphatic heterocycles. The second-order valence-corrected chi connectivity index (χ2v) is 8.34. The minimum Gasteiger partial charge on any atom is -0.497 e. The van der Waals surface area contributed by atoms with Crippen LogP contribution in [0.25, 0.3) is 11.1 Å². The smallest absolute Gasteiger partial charge is 0.431 e. The molecule has 8 heteroatoms. The fourth-order valence-electron chi connectivity index (χ4n) is 3.78. The summed E-state index contributed by atoms with van der Waals surface area (Å²) in [5, 5.41) is 0.468. The molecule has 1 saturated carbocycles. The molecule has 0 spiro atoms. The summed E-state index contributed by atoms with van der Waals surface area (Å²) in [4.78, 5) is 15.0. The summed E-state index contributed by atoms with van der Waals surface area (Å²) in [7, 11) is 3.16. The molecule has 0 unspecified atom stereocenters. The lowest BCUT2D eigenvalue weighted by Gasteiger charge is -2.21. The zero-order valence-corrected chi connectivity index (χ0v) is 18.4. The van der Waals surface area contributed by atoms with Crippen molar-refractivity contribution >= 4 is 17.5 Å². The Bertz CT molecular complexity index is 1120. The van der Waals surface area contributed by atoms with Gasteiger partial charge in [-0.3, -0.25) is 4.79 Å². The molecule has 4 nitrogen and oxygen atoms in total. The number of rotatable bonds is 6. The van der Waals surface area contributed by atoms with Gasteiger partial charge in [-0.05, 0) is 54.3 Å². The summed E-state index contributed by atoms with van der Waals surface area (Å²) in [5.41, 5.74) is 0.868. The van der Waals surface area contributed by atoms with Crippen LogP contribution in [-0.4, -0.2) is 29.5 Å². The third kappa shape index (κ3) is 4.48. The number of benzene rings is 2. The first-order chi connectivity index (χ1) is 15.2. The molecule has 0 N–H and O–H groups in total. The van der Waals surface area contributed by atoms with E-state index < -0.39 is 17.8 Å². The number of amides is 1. The lowest BCUT2D eigenvalue weighted by Crippen LogP contribution is -2.29. The first-order valence-corrected chi connectivity index (χ1v) is 10.5. The summed E-state index contributed by atoms with van der Waals surface area (Å²) in [6.45, 7) is 0.250. The summed E-state index contributed by atoms with van der Waals surface area (Å²) >= 11 is 5.96. The molecule has 0 saturated heterocycles. The van der Waals surface area contributed by atoms with E-state index in [9.17, 15) is 18.0 Å². The van der Waals surface area contributed by atoms with Crippen LogP contribution in [-0.2, 0) is 12.7 Å². The van der Waals surface area contributed by atoms with Gasteiger partial charge in [-0.2, -0.15) is 13.2 Å². The van der Waals surface area contributed by atoms with Crippen LogP contribution >= 0.6 is 11.6 Å². The Morgan fingerprint density at radius 1 is 1.12 bits per heavy atom. The van der Waals surface area contributed by atoms with E-state index in [4.69, 9.17) is 16.3 Å². The summed E-state index contributed by atoms with van der Waals surface area (Å²) in [5.74, 6) is 0.221. The topological polar surface area (TPSA) is 34.5 Å². The molecule has 4 rings (SSSR count). The van der Waals surface area contributed by atoms with Crippen LogP contribution in [0.3, 0.4) is 0 Å². The van der Waals surface area contributed by atoms with Gasteiger partial charge in [0.25, 0.3) is 5.91 Å². The van der Waals surface area contributed by atoms with Gasteiger partial charge in [0.1, 0.15) is 17.1 Å². The normalized spacial score (nSPS) is 13.8. The van der Waals surface area contributed by atoms with E-state index >= 15 is 0 Å². The molecule has 32 heavy (non-hydrogen) atoms. The molecule has 3 aromatic rings. The molecule has 0 atom stereocenters. The highest BCUT2D eigenvalue weighted by molar-refractivity contribution is 6.30. The minimum absolute atomic E-state index is 0.0539. The van der Waals surface area contributed by atoms with Gasteiger partial charge in [0.15, 0.2) is 0 Å². The average Bonchev–Trinajstić information content (AvgIpc) is 3.52. The maximum atomic E-state index is 13.9. The maximum absolute atomic E-state index is 13.9. The largest absolute Gasteiger partial charge is 0.497 e. The van der Waals surface area contributed by atoms with E-state index in [0.717, 1.165) is 11.6 Å². The third-order valence-electron chi connectivity index (χ3n) is 5.52. The van der Waals surface area contributed by atoms with Gasteiger partial charge in [0.2, 0.25) is 0 Å². The lowest BCUT2D eigenvalue weighted by molar-refractivity contribution is -0.143. The Morgan fingerprint density at radius 2 is 1.75 bits per heavy atom. The van der Waals surface area contributed by atoms with Crippen molar-refractivity contribution in [3.63, 3.8) is 0 Å². The number of carbonyl (C=O) groups excluding carboxylic acids is 1. The summed E-state index contributed by atoms with van der Waals surface area (Å²) in [6, 6.07) is 14.4. The number of halogens is 4. The second-order valence-electron chi connectivity index (χ2n) is 7.91. The number of ether oxygens (including phenoxy) is 1.